The number of nitrogens with one attached hydrogen (secondary N) is 1. The molecular formula is C16H17ClFN. The van der Waals surface area contributed by atoms with Gasteiger partial charge in [-0.15, -0.1) is 0 Å². The molecule has 2 aromatic rings. The van der Waals surface area contributed by atoms with Crippen LogP contribution in [0, 0.1) is 12.7 Å². The van der Waals surface area contributed by atoms with Gasteiger partial charge in [-0.3, -0.25) is 0 Å². The van der Waals surface area contributed by atoms with Crippen LogP contribution in [0.5, 0.6) is 0 Å². The molecule has 0 aliphatic heterocycles. The fourth-order valence-electron chi connectivity index (χ4n) is 1.99. The van der Waals surface area contributed by atoms with Crippen LogP contribution in [0.1, 0.15) is 29.7 Å². The van der Waals surface area contributed by atoms with Gasteiger partial charge in [0.15, 0.2) is 0 Å². The van der Waals surface area contributed by atoms with Crippen molar-refractivity contribution in [1.29, 1.82) is 0 Å². The number of rotatable bonds is 4. The lowest BCUT2D eigenvalue weighted by molar-refractivity contribution is 0.568. The van der Waals surface area contributed by atoms with Crippen molar-refractivity contribution >= 4 is 11.6 Å². The molecule has 0 bridgehead atoms. The molecule has 3 heteroatoms. The summed E-state index contributed by atoms with van der Waals surface area (Å²) in [6.07, 6.45) is 0. The zero-order valence-electron chi connectivity index (χ0n) is 11.1. The lowest BCUT2D eigenvalue weighted by Crippen LogP contribution is -2.18. The van der Waals surface area contributed by atoms with E-state index >= 15 is 0 Å². The highest BCUT2D eigenvalue weighted by Crippen LogP contribution is 2.18. The Kier molecular flexibility index (Phi) is 4.56. The van der Waals surface area contributed by atoms with Gasteiger partial charge in [0, 0.05) is 17.6 Å². The third-order valence-electron chi connectivity index (χ3n) is 3.26. The van der Waals surface area contributed by atoms with Crippen LogP contribution in [0.15, 0.2) is 42.5 Å². The van der Waals surface area contributed by atoms with Crippen molar-refractivity contribution in [3.63, 3.8) is 0 Å². The molecule has 1 atom stereocenters. The molecular weight excluding hydrogens is 261 g/mol. The fraction of sp³-hybridized carbons (Fsp3) is 0.250. The highest BCUT2D eigenvalue weighted by molar-refractivity contribution is 6.30. The van der Waals surface area contributed by atoms with Crippen molar-refractivity contribution in [2.75, 3.05) is 0 Å². The van der Waals surface area contributed by atoms with E-state index in [0.717, 1.165) is 21.7 Å². The molecule has 0 aromatic heterocycles. The number of benzene rings is 2. The van der Waals surface area contributed by atoms with Gasteiger partial charge in [-0.25, -0.2) is 4.39 Å². The Bertz CT molecular complexity index is 568. The third-order valence-corrected chi connectivity index (χ3v) is 3.49. The molecule has 0 amide bonds. The van der Waals surface area contributed by atoms with E-state index in [9.17, 15) is 4.39 Å². The molecule has 0 radical (unpaired) electrons. The second-order valence-corrected chi connectivity index (χ2v) is 5.16. The van der Waals surface area contributed by atoms with Gasteiger partial charge in [-0.1, -0.05) is 29.8 Å². The van der Waals surface area contributed by atoms with Gasteiger partial charge in [0.05, 0.1) is 0 Å². The summed E-state index contributed by atoms with van der Waals surface area (Å²) in [5.74, 6) is -0.196. The average Bonchev–Trinajstić information content (AvgIpc) is 2.39. The Morgan fingerprint density at radius 3 is 2.74 bits per heavy atom. The van der Waals surface area contributed by atoms with Gasteiger partial charge in [0.25, 0.3) is 0 Å². The maximum atomic E-state index is 13.2. The zero-order chi connectivity index (χ0) is 13.8. The summed E-state index contributed by atoms with van der Waals surface area (Å²) >= 11 is 5.97. The highest BCUT2D eigenvalue weighted by Gasteiger charge is 2.07. The molecule has 0 fully saturated rings. The Morgan fingerprint density at radius 1 is 1.21 bits per heavy atom. The average molecular weight is 278 g/mol. The minimum atomic E-state index is -0.196. The number of halogens is 2. The minimum absolute atomic E-state index is 0.168. The third kappa shape index (κ3) is 3.79. The first-order valence-electron chi connectivity index (χ1n) is 6.30. The standard InChI is InChI=1S/C16H17ClFN/c1-11-6-7-16(18)9-14(11)10-19-12(2)13-4-3-5-15(17)8-13/h3-9,12,19H,10H2,1-2H3/t12-/m1/s1. The summed E-state index contributed by atoms with van der Waals surface area (Å²) in [7, 11) is 0. The molecule has 19 heavy (non-hydrogen) atoms. The molecule has 0 aliphatic carbocycles. The quantitative estimate of drug-likeness (QED) is 0.858. The lowest BCUT2D eigenvalue weighted by Gasteiger charge is -2.15. The van der Waals surface area contributed by atoms with Gasteiger partial charge in [0.1, 0.15) is 5.82 Å². The first kappa shape index (κ1) is 14.0. The van der Waals surface area contributed by atoms with Gasteiger partial charge in [-0.2, -0.15) is 0 Å². The van der Waals surface area contributed by atoms with Crippen LogP contribution in [-0.4, -0.2) is 0 Å². The van der Waals surface area contributed by atoms with Gasteiger partial charge in [0.2, 0.25) is 0 Å². The lowest BCUT2D eigenvalue weighted by atomic mass is 10.1. The fourth-order valence-corrected chi connectivity index (χ4v) is 2.19. The summed E-state index contributed by atoms with van der Waals surface area (Å²) in [5, 5.41) is 4.11. The van der Waals surface area contributed by atoms with Crippen molar-refractivity contribution in [1.82, 2.24) is 5.32 Å². The van der Waals surface area contributed by atoms with Crippen LogP contribution in [-0.2, 0) is 6.54 Å². The summed E-state index contributed by atoms with van der Waals surface area (Å²) < 4.78 is 13.2. The molecule has 0 saturated heterocycles. The van der Waals surface area contributed by atoms with E-state index in [4.69, 9.17) is 11.6 Å². The SMILES string of the molecule is Cc1ccc(F)cc1CN[C@H](C)c1cccc(Cl)c1. The summed E-state index contributed by atoms with van der Waals surface area (Å²) in [6.45, 7) is 4.69. The largest absolute Gasteiger partial charge is 0.306 e. The molecule has 0 spiro atoms. The van der Waals surface area contributed by atoms with E-state index in [-0.39, 0.29) is 11.9 Å². The van der Waals surface area contributed by atoms with Gasteiger partial charge >= 0.3 is 0 Å². The molecule has 0 saturated carbocycles. The molecule has 2 aromatic carbocycles. The predicted molar refractivity (Wildman–Crippen MR) is 77.8 cm³/mol. The van der Waals surface area contributed by atoms with E-state index in [1.165, 1.54) is 6.07 Å². The molecule has 1 nitrogen and oxygen atoms in total. The van der Waals surface area contributed by atoms with Crippen LogP contribution in [0.4, 0.5) is 4.39 Å². The maximum Gasteiger partial charge on any atom is 0.123 e. The number of hydrogen-bond donors (Lipinski definition) is 1. The number of hydrogen-bond acceptors (Lipinski definition) is 1. The van der Waals surface area contributed by atoms with Crippen molar-refractivity contribution in [3.8, 4) is 0 Å². The predicted octanol–water partition coefficient (Wildman–Crippen LogP) is 4.64. The van der Waals surface area contributed by atoms with Crippen LogP contribution >= 0.6 is 11.6 Å². The summed E-state index contributed by atoms with van der Waals surface area (Å²) in [5.41, 5.74) is 3.20. The van der Waals surface area contributed by atoms with Crippen molar-refractivity contribution in [3.05, 3.63) is 70.0 Å². The first-order chi connectivity index (χ1) is 9.06. The zero-order valence-corrected chi connectivity index (χ0v) is 11.8. The Morgan fingerprint density at radius 2 is 2.00 bits per heavy atom. The smallest absolute Gasteiger partial charge is 0.123 e. The van der Waals surface area contributed by atoms with Crippen molar-refractivity contribution in [2.24, 2.45) is 0 Å². The van der Waals surface area contributed by atoms with Crippen molar-refractivity contribution in [2.45, 2.75) is 26.4 Å². The Balaban J connectivity index is 2.04. The molecule has 100 valence electrons. The normalized spacial score (nSPS) is 12.4. The number of aryl methyl sites for hydroxylation is 1. The van der Waals surface area contributed by atoms with E-state index in [1.54, 1.807) is 12.1 Å². The second kappa shape index (κ2) is 6.18. The monoisotopic (exact) mass is 277 g/mol. The molecule has 1 N–H and O–H groups in total. The van der Waals surface area contributed by atoms with E-state index in [2.05, 4.69) is 12.2 Å². The van der Waals surface area contributed by atoms with E-state index < -0.39 is 0 Å². The molecule has 0 aliphatic rings. The maximum absolute atomic E-state index is 13.2. The minimum Gasteiger partial charge on any atom is -0.306 e. The Labute approximate surface area is 118 Å². The molecule has 0 heterocycles. The van der Waals surface area contributed by atoms with E-state index in [0.29, 0.717) is 6.54 Å². The topological polar surface area (TPSA) is 12.0 Å². The summed E-state index contributed by atoms with van der Waals surface area (Å²) in [6, 6.07) is 12.8. The van der Waals surface area contributed by atoms with Crippen molar-refractivity contribution < 1.29 is 4.39 Å². The molecule has 2 rings (SSSR count). The van der Waals surface area contributed by atoms with E-state index in [1.807, 2.05) is 31.2 Å². The second-order valence-electron chi connectivity index (χ2n) is 4.73. The van der Waals surface area contributed by atoms with Crippen LogP contribution < -0.4 is 5.32 Å². The first-order valence-corrected chi connectivity index (χ1v) is 6.68. The highest BCUT2D eigenvalue weighted by atomic mass is 35.5. The van der Waals surface area contributed by atoms with Gasteiger partial charge < -0.3 is 5.32 Å². The van der Waals surface area contributed by atoms with Crippen LogP contribution in [0.2, 0.25) is 5.02 Å². The van der Waals surface area contributed by atoms with Crippen LogP contribution in [0.3, 0.4) is 0 Å². The van der Waals surface area contributed by atoms with Gasteiger partial charge in [-0.05, 0) is 54.8 Å². The van der Waals surface area contributed by atoms with Crippen LogP contribution in [0.25, 0.3) is 0 Å². The summed E-state index contributed by atoms with van der Waals surface area (Å²) in [4.78, 5) is 0. The molecule has 0 unspecified atom stereocenters. The Hall–Kier alpha value is -1.38.